The van der Waals surface area contributed by atoms with E-state index in [1.54, 1.807) is 0 Å². The maximum atomic E-state index is 8.37. The van der Waals surface area contributed by atoms with Crippen LogP contribution in [0.4, 0.5) is 0 Å². The molecule has 0 saturated heterocycles. The van der Waals surface area contributed by atoms with E-state index in [1.165, 1.54) is 11.8 Å². The molecule has 0 aliphatic heterocycles. The van der Waals surface area contributed by atoms with Gasteiger partial charge in [0.25, 0.3) is 0 Å². The van der Waals surface area contributed by atoms with Gasteiger partial charge in [-0.15, -0.1) is 49.6 Å². The molecule has 0 aromatic heterocycles. The number of rotatable bonds is 3. The third-order valence-corrected chi connectivity index (χ3v) is 3.10. The summed E-state index contributed by atoms with van der Waals surface area (Å²) >= 11 is 13.3. The normalized spacial score (nSPS) is 9.33. The van der Waals surface area contributed by atoms with Gasteiger partial charge in [-0.05, 0) is 0 Å². The maximum absolute atomic E-state index is 8.37. The van der Waals surface area contributed by atoms with Crippen molar-refractivity contribution in [1.29, 1.82) is 0 Å². The predicted molar refractivity (Wildman–Crippen MR) is 53.5 cm³/mol. The summed E-state index contributed by atoms with van der Waals surface area (Å²) in [5.41, 5.74) is 0. The first-order chi connectivity index (χ1) is 4.18. The second kappa shape index (κ2) is 5.85. The summed E-state index contributed by atoms with van der Waals surface area (Å²) < 4.78 is 1.34. The van der Waals surface area contributed by atoms with E-state index in [9.17, 15) is 0 Å². The fraction of sp³-hybridized carbons (Fsp3) is 0.500. The molecule has 0 aromatic carbocycles. The van der Waals surface area contributed by atoms with Crippen molar-refractivity contribution >= 4 is 49.6 Å². The Balaban J connectivity index is 3.50. The zero-order valence-electron chi connectivity index (χ0n) is 4.61. The van der Waals surface area contributed by atoms with Gasteiger partial charge in [0.1, 0.15) is 0 Å². The fourth-order valence-electron chi connectivity index (χ4n) is 0.207. The number of thiol groups is 3. The molecule has 54 valence electrons. The van der Waals surface area contributed by atoms with Crippen LogP contribution < -0.4 is 0 Å². The Hall–Kier alpha value is 1.10. The lowest BCUT2D eigenvalue weighted by molar-refractivity contribution is 0.322. The first kappa shape index (κ1) is 10.1. The van der Waals surface area contributed by atoms with E-state index in [0.29, 0.717) is 9.99 Å². The molecule has 0 fully saturated rings. The minimum absolute atomic E-state index is 0.156. The van der Waals surface area contributed by atoms with Gasteiger partial charge >= 0.3 is 0 Å². The third kappa shape index (κ3) is 5.54. The van der Waals surface area contributed by atoms with Crippen LogP contribution in [0.25, 0.3) is 0 Å². The monoisotopic (exact) mass is 200 g/mol. The molecule has 0 unspecified atom stereocenters. The van der Waals surface area contributed by atoms with E-state index in [1.807, 2.05) is 0 Å². The lowest BCUT2D eigenvalue weighted by Crippen LogP contribution is -1.83. The zero-order valence-corrected chi connectivity index (χ0v) is 8.11. The lowest BCUT2D eigenvalue weighted by Gasteiger charge is -1.97. The van der Waals surface area contributed by atoms with Crippen molar-refractivity contribution in [1.82, 2.24) is 0 Å². The van der Waals surface area contributed by atoms with E-state index in [4.69, 9.17) is 5.11 Å². The van der Waals surface area contributed by atoms with E-state index in [0.717, 1.165) is 4.24 Å². The largest absolute Gasteiger partial charge is 0.396 e. The average molecular weight is 200 g/mol. The van der Waals surface area contributed by atoms with Crippen molar-refractivity contribution in [2.45, 2.75) is 0 Å². The molecule has 0 aromatic rings. The van der Waals surface area contributed by atoms with Crippen LogP contribution in [0, 0.1) is 0 Å². The second-order valence-corrected chi connectivity index (χ2v) is 4.30. The van der Waals surface area contributed by atoms with Crippen molar-refractivity contribution in [2.24, 2.45) is 0 Å². The lowest BCUT2D eigenvalue weighted by atomic mass is 10.9. The van der Waals surface area contributed by atoms with Crippen molar-refractivity contribution in [2.75, 3.05) is 12.4 Å². The summed E-state index contributed by atoms with van der Waals surface area (Å²) in [6, 6.07) is 0. The van der Waals surface area contributed by atoms with Gasteiger partial charge in [-0.2, -0.15) is 0 Å². The van der Waals surface area contributed by atoms with Gasteiger partial charge < -0.3 is 5.11 Å². The van der Waals surface area contributed by atoms with Crippen LogP contribution in [0.1, 0.15) is 0 Å². The Labute approximate surface area is 75.5 Å². The number of aliphatic hydroxyl groups excluding tert-OH is 1. The van der Waals surface area contributed by atoms with Gasteiger partial charge in [-0.25, -0.2) is 0 Å². The Kier molecular flexibility index (Phi) is 6.57. The van der Waals surface area contributed by atoms with Crippen molar-refractivity contribution < 1.29 is 5.11 Å². The Morgan fingerprint density at radius 2 is 1.89 bits per heavy atom. The topological polar surface area (TPSA) is 20.2 Å². The molecular weight excluding hydrogens is 192 g/mol. The van der Waals surface area contributed by atoms with Gasteiger partial charge in [0.05, 0.1) is 15.1 Å². The smallest absolute Gasteiger partial charge is 0.0567 e. The highest BCUT2D eigenvalue weighted by Crippen LogP contribution is 2.26. The van der Waals surface area contributed by atoms with Crippen LogP contribution in [-0.2, 0) is 0 Å². The van der Waals surface area contributed by atoms with Crippen molar-refractivity contribution in [3.05, 3.63) is 8.47 Å². The van der Waals surface area contributed by atoms with Crippen LogP contribution >= 0.6 is 49.6 Å². The highest BCUT2D eigenvalue weighted by Gasteiger charge is 1.93. The highest BCUT2D eigenvalue weighted by atomic mass is 32.2. The van der Waals surface area contributed by atoms with Crippen LogP contribution in [0.2, 0.25) is 0 Å². The molecule has 0 heterocycles. The molecule has 1 nitrogen and oxygen atoms in total. The van der Waals surface area contributed by atoms with Gasteiger partial charge in [0.15, 0.2) is 0 Å². The summed E-state index contributed by atoms with van der Waals surface area (Å²) in [5, 5.41) is 8.37. The van der Waals surface area contributed by atoms with Gasteiger partial charge in [0, 0.05) is 5.75 Å². The number of aliphatic hydroxyl groups is 1. The highest BCUT2D eigenvalue weighted by molar-refractivity contribution is 8.18. The third-order valence-electron chi connectivity index (χ3n) is 0.521. The molecular formula is C4H8OS4. The van der Waals surface area contributed by atoms with Crippen LogP contribution in [0.3, 0.4) is 0 Å². The van der Waals surface area contributed by atoms with Crippen LogP contribution in [0.5, 0.6) is 0 Å². The van der Waals surface area contributed by atoms with Crippen molar-refractivity contribution in [3.63, 3.8) is 0 Å². The number of thioether (sulfide) groups is 1. The van der Waals surface area contributed by atoms with E-state index < -0.39 is 0 Å². The Morgan fingerprint density at radius 3 is 2.22 bits per heavy atom. The van der Waals surface area contributed by atoms with Gasteiger partial charge in [-0.1, -0.05) is 0 Å². The van der Waals surface area contributed by atoms with Crippen molar-refractivity contribution in [3.8, 4) is 0 Å². The molecule has 0 radical (unpaired) electrons. The molecule has 0 spiro atoms. The first-order valence-electron chi connectivity index (χ1n) is 2.23. The summed E-state index contributed by atoms with van der Waals surface area (Å²) in [7, 11) is 0. The Morgan fingerprint density at radius 1 is 1.33 bits per heavy atom. The fourth-order valence-corrected chi connectivity index (χ4v) is 1.28. The van der Waals surface area contributed by atoms with E-state index in [-0.39, 0.29) is 6.61 Å². The Bertz CT molecular complexity index is 107. The minimum atomic E-state index is 0.156. The molecule has 5 heteroatoms. The van der Waals surface area contributed by atoms with Crippen LogP contribution in [-0.4, -0.2) is 17.5 Å². The summed E-state index contributed by atoms with van der Waals surface area (Å²) in [4.78, 5) is 0. The van der Waals surface area contributed by atoms with E-state index in [2.05, 4.69) is 37.9 Å². The summed E-state index contributed by atoms with van der Waals surface area (Å²) in [6.07, 6.45) is 0. The molecule has 0 atom stereocenters. The van der Waals surface area contributed by atoms with Crippen LogP contribution in [0.15, 0.2) is 8.47 Å². The SMILES string of the molecule is OCCSC(S)=C(S)S. The van der Waals surface area contributed by atoms with Gasteiger partial charge in [0.2, 0.25) is 0 Å². The maximum Gasteiger partial charge on any atom is 0.0567 e. The minimum Gasteiger partial charge on any atom is -0.396 e. The molecule has 0 aliphatic carbocycles. The zero-order chi connectivity index (χ0) is 7.28. The quantitative estimate of drug-likeness (QED) is 0.520. The standard InChI is InChI=1S/C4H8OS4/c5-1-2-9-4(8)3(6)7/h5-8H,1-2H2. The molecule has 0 saturated carbocycles. The molecule has 0 amide bonds. The molecule has 9 heavy (non-hydrogen) atoms. The molecule has 0 rings (SSSR count). The van der Waals surface area contributed by atoms with Gasteiger partial charge in [-0.3, -0.25) is 0 Å². The average Bonchev–Trinajstić information content (AvgIpc) is 1.82. The van der Waals surface area contributed by atoms with E-state index >= 15 is 0 Å². The summed E-state index contributed by atoms with van der Waals surface area (Å²) in [5.74, 6) is 0.642. The predicted octanol–water partition coefficient (Wildman–Crippen LogP) is 1.63. The number of hydrogen-bond acceptors (Lipinski definition) is 5. The number of hydrogen-bond donors (Lipinski definition) is 4. The molecule has 1 N–H and O–H groups in total. The molecule has 0 bridgehead atoms. The molecule has 0 aliphatic rings. The first-order valence-corrected chi connectivity index (χ1v) is 4.56. The second-order valence-electron chi connectivity index (χ2n) is 1.20. The summed E-state index contributed by atoms with van der Waals surface area (Å²) in [6.45, 7) is 0.156.